The highest BCUT2D eigenvalue weighted by Crippen LogP contribution is 2.33. The number of nitrogens with zero attached hydrogens (tertiary/aromatic N) is 3. The van der Waals surface area contributed by atoms with Gasteiger partial charge in [-0.2, -0.15) is 0 Å². The molecule has 0 saturated heterocycles. The van der Waals surface area contributed by atoms with E-state index in [1.54, 1.807) is 11.3 Å². The molecule has 0 amide bonds. The smallest absolute Gasteiger partial charge is 0.156 e. The second kappa shape index (κ2) is 4.80. The number of fused-ring (bicyclic) bond motifs is 1. The number of aromatic nitrogens is 2. The number of thiophene rings is 1. The van der Waals surface area contributed by atoms with Crippen molar-refractivity contribution in [3.8, 4) is 10.6 Å². The average molecular weight is 283 g/mol. The normalized spacial score (nSPS) is 10.9. The molecule has 0 unspecified atom stereocenters. The SMILES string of the molecule is C=C(c1nc(-c2cc3ccccc3s2)cn1C)N(C)C. The van der Waals surface area contributed by atoms with Gasteiger partial charge in [-0.15, -0.1) is 11.3 Å². The first-order valence-corrected chi connectivity index (χ1v) is 7.27. The molecule has 2 aromatic heterocycles. The lowest BCUT2D eigenvalue weighted by molar-refractivity contribution is 0.582. The molecule has 0 aliphatic heterocycles. The van der Waals surface area contributed by atoms with E-state index in [4.69, 9.17) is 4.98 Å². The molecule has 0 fully saturated rings. The van der Waals surface area contributed by atoms with E-state index in [9.17, 15) is 0 Å². The number of rotatable bonds is 3. The minimum Gasteiger partial charge on any atom is -0.375 e. The molecule has 0 aliphatic rings. The summed E-state index contributed by atoms with van der Waals surface area (Å²) in [6.07, 6.45) is 2.06. The number of imidazole rings is 1. The summed E-state index contributed by atoms with van der Waals surface area (Å²) >= 11 is 1.77. The minimum atomic E-state index is 0.905. The van der Waals surface area contributed by atoms with Gasteiger partial charge in [-0.1, -0.05) is 24.8 Å². The van der Waals surface area contributed by atoms with E-state index >= 15 is 0 Å². The zero-order chi connectivity index (χ0) is 14.3. The summed E-state index contributed by atoms with van der Waals surface area (Å²) in [7, 11) is 5.97. The van der Waals surface area contributed by atoms with Gasteiger partial charge in [0.2, 0.25) is 0 Å². The fourth-order valence-electron chi connectivity index (χ4n) is 2.16. The Labute approximate surface area is 122 Å². The van der Waals surface area contributed by atoms with Crippen molar-refractivity contribution in [2.75, 3.05) is 14.1 Å². The van der Waals surface area contributed by atoms with E-state index in [0.717, 1.165) is 17.2 Å². The van der Waals surface area contributed by atoms with Gasteiger partial charge in [0, 0.05) is 32.0 Å². The van der Waals surface area contributed by atoms with Crippen LogP contribution in [0.1, 0.15) is 5.82 Å². The van der Waals surface area contributed by atoms with Crippen molar-refractivity contribution >= 4 is 27.1 Å². The first-order valence-electron chi connectivity index (χ1n) is 6.45. The lowest BCUT2D eigenvalue weighted by atomic mass is 10.2. The second-order valence-electron chi connectivity index (χ2n) is 5.05. The zero-order valence-corrected chi connectivity index (χ0v) is 12.7. The van der Waals surface area contributed by atoms with E-state index < -0.39 is 0 Å². The van der Waals surface area contributed by atoms with Crippen molar-refractivity contribution in [2.45, 2.75) is 0 Å². The average Bonchev–Trinajstić information content (AvgIpc) is 3.00. The van der Waals surface area contributed by atoms with Crippen LogP contribution in [0.25, 0.3) is 26.4 Å². The zero-order valence-electron chi connectivity index (χ0n) is 11.9. The molecule has 0 bridgehead atoms. The molecule has 0 saturated carbocycles. The van der Waals surface area contributed by atoms with Crippen LogP contribution in [0, 0.1) is 0 Å². The Balaban J connectivity index is 2.06. The third-order valence-electron chi connectivity index (χ3n) is 3.35. The number of aryl methyl sites for hydroxylation is 1. The van der Waals surface area contributed by atoms with Gasteiger partial charge < -0.3 is 9.47 Å². The molecule has 1 aromatic carbocycles. The number of benzene rings is 1. The van der Waals surface area contributed by atoms with Gasteiger partial charge in [0.15, 0.2) is 5.82 Å². The van der Waals surface area contributed by atoms with Crippen molar-refractivity contribution in [3.05, 3.63) is 48.9 Å². The molecule has 0 spiro atoms. The van der Waals surface area contributed by atoms with Crippen molar-refractivity contribution in [1.29, 1.82) is 0 Å². The number of hydrogen-bond acceptors (Lipinski definition) is 3. The first-order chi connectivity index (χ1) is 9.56. The summed E-state index contributed by atoms with van der Waals surface area (Å²) in [5, 5.41) is 1.27. The monoisotopic (exact) mass is 283 g/mol. The summed E-state index contributed by atoms with van der Waals surface area (Å²) in [6.45, 7) is 4.08. The van der Waals surface area contributed by atoms with Gasteiger partial charge in [0.25, 0.3) is 0 Å². The van der Waals surface area contributed by atoms with Gasteiger partial charge in [0.1, 0.15) is 0 Å². The van der Waals surface area contributed by atoms with Crippen LogP contribution in [0.15, 0.2) is 43.1 Å². The summed E-state index contributed by atoms with van der Waals surface area (Å²) in [5.41, 5.74) is 1.92. The maximum atomic E-state index is 4.73. The highest BCUT2D eigenvalue weighted by molar-refractivity contribution is 7.22. The highest BCUT2D eigenvalue weighted by atomic mass is 32.1. The molecule has 3 nitrogen and oxygen atoms in total. The van der Waals surface area contributed by atoms with E-state index in [1.807, 2.05) is 30.6 Å². The maximum absolute atomic E-state index is 4.73. The van der Waals surface area contributed by atoms with Crippen LogP contribution in [0.4, 0.5) is 0 Å². The van der Waals surface area contributed by atoms with Gasteiger partial charge >= 0.3 is 0 Å². The Morgan fingerprint density at radius 1 is 1.30 bits per heavy atom. The Morgan fingerprint density at radius 2 is 2.05 bits per heavy atom. The quantitative estimate of drug-likeness (QED) is 0.728. The fourth-order valence-corrected chi connectivity index (χ4v) is 3.18. The molecule has 102 valence electrons. The predicted octanol–water partition coefficient (Wildman–Crippen LogP) is 3.83. The Hall–Kier alpha value is -2.07. The molecule has 2 heterocycles. The van der Waals surface area contributed by atoms with Crippen LogP contribution in [0.3, 0.4) is 0 Å². The molecule has 20 heavy (non-hydrogen) atoms. The fraction of sp³-hybridized carbons (Fsp3) is 0.188. The van der Waals surface area contributed by atoms with Crippen molar-refractivity contribution in [1.82, 2.24) is 14.5 Å². The first kappa shape index (κ1) is 12.9. The standard InChI is InChI=1S/C16H17N3S/c1-11(18(2)3)16-17-13(10-19(16)4)15-9-12-7-5-6-8-14(12)20-15/h5-10H,1H2,2-4H3. The van der Waals surface area contributed by atoms with E-state index in [1.165, 1.54) is 15.0 Å². The van der Waals surface area contributed by atoms with Crippen LogP contribution < -0.4 is 0 Å². The lowest BCUT2D eigenvalue weighted by Gasteiger charge is -2.14. The molecular formula is C16H17N3S. The van der Waals surface area contributed by atoms with Crippen molar-refractivity contribution in [3.63, 3.8) is 0 Å². The minimum absolute atomic E-state index is 0.905. The summed E-state index contributed by atoms with van der Waals surface area (Å²) in [6, 6.07) is 10.6. The third kappa shape index (κ3) is 2.12. The maximum Gasteiger partial charge on any atom is 0.156 e. The highest BCUT2D eigenvalue weighted by Gasteiger charge is 2.13. The van der Waals surface area contributed by atoms with Crippen molar-refractivity contribution in [2.24, 2.45) is 7.05 Å². The van der Waals surface area contributed by atoms with Crippen LogP contribution >= 0.6 is 11.3 Å². The largest absolute Gasteiger partial charge is 0.375 e. The topological polar surface area (TPSA) is 21.1 Å². The molecule has 3 rings (SSSR count). The summed E-state index contributed by atoms with van der Waals surface area (Å²) in [5.74, 6) is 0.905. The van der Waals surface area contributed by atoms with Gasteiger partial charge in [0.05, 0.1) is 16.3 Å². The molecule has 0 N–H and O–H groups in total. The Morgan fingerprint density at radius 3 is 2.75 bits per heavy atom. The van der Waals surface area contributed by atoms with Crippen LogP contribution in [0.5, 0.6) is 0 Å². The van der Waals surface area contributed by atoms with E-state index in [-0.39, 0.29) is 0 Å². The Kier molecular flexibility index (Phi) is 3.10. The van der Waals surface area contributed by atoms with Gasteiger partial charge in [-0.25, -0.2) is 4.98 Å². The van der Waals surface area contributed by atoms with E-state index in [2.05, 4.69) is 43.1 Å². The molecule has 0 atom stereocenters. The number of hydrogen-bond donors (Lipinski definition) is 0. The third-order valence-corrected chi connectivity index (χ3v) is 4.49. The van der Waals surface area contributed by atoms with E-state index in [0.29, 0.717) is 0 Å². The molecular weight excluding hydrogens is 266 g/mol. The predicted molar refractivity (Wildman–Crippen MR) is 86.7 cm³/mol. The van der Waals surface area contributed by atoms with Gasteiger partial charge in [-0.3, -0.25) is 0 Å². The summed E-state index contributed by atoms with van der Waals surface area (Å²) < 4.78 is 3.32. The van der Waals surface area contributed by atoms with Crippen molar-refractivity contribution < 1.29 is 0 Å². The second-order valence-corrected chi connectivity index (χ2v) is 6.13. The van der Waals surface area contributed by atoms with Crippen LogP contribution in [-0.4, -0.2) is 28.5 Å². The Bertz CT molecular complexity index is 747. The molecule has 0 radical (unpaired) electrons. The van der Waals surface area contributed by atoms with Crippen LogP contribution in [-0.2, 0) is 7.05 Å². The van der Waals surface area contributed by atoms with Gasteiger partial charge in [-0.05, 0) is 17.5 Å². The molecule has 4 heteroatoms. The summed E-state index contributed by atoms with van der Waals surface area (Å²) in [4.78, 5) is 7.91. The van der Waals surface area contributed by atoms with Crippen LogP contribution in [0.2, 0.25) is 0 Å². The molecule has 0 aliphatic carbocycles. The molecule has 3 aromatic rings. The lowest BCUT2D eigenvalue weighted by Crippen LogP contribution is -2.12.